The van der Waals surface area contributed by atoms with E-state index in [4.69, 9.17) is 39.5 Å². The minimum atomic E-state index is -1.20. The number of halogens is 3. The molecule has 2 aromatic rings. The third-order valence-corrected chi connectivity index (χ3v) is 5.76. The van der Waals surface area contributed by atoms with Crippen LogP contribution in [0.4, 0.5) is 0 Å². The van der Waals surface area contributed by atoms with Crippen LogP contribution in [-0.4, -0.2) is 39.0 Å². The van der Waals surface area contributed by atoms with Gasteiger partial charge in [-0.25, -0.2) is 4.68 Å². The van der Waals surface area contributed by atoms with Gasteiger partial charge in [-0.15, -0.1) is 5.10 Å². The van der Waals surface area contributed by atoms with E-state index in [1.165, 1.54) is 4.68 Å². The number of rotatable bonds is 7. The third kappa shape index (κ3) is 5.63. The van der Waals surface area contributed by atoms with Gasteiger partial charge in [-0.2, -0.15) is 0 Å². The highest BCUT2D eigenvalue weighted by molar-refractivity contribution is 6.40. The van der Waals surface area contributed by atoms with Gasteiger partial charge in [0.25, 0.3) is 0 Å². The van der Waals surface area contributed by atoms with E-state index in [2.05, 4.69) is 15.6 Å². The number of nitrogens with one attached hydrogen (secondary N) is 1. The molecule has 1 aromatic carbocycles. The minimum Gasteiger partial charge on any atom is -0.459 e. The molecule has 0 unspecified atom stereocenters. The van der Waals surface area contributed by atoms with Crippen LogP contribution in [0.2, 0.25) is 15.1 Å². The summed E-state index contributed by atoms with van der Waals surface area (Å²) in [4.78, 5) is 25.6. The molecule has 1 N–H and O–H groups in total. The second-order valence-corrected chi connectivity index (χ2v) is 9.95. The maximum atomic E-state index is 12.9. The molecule has 1 heterocycles. The number of ether oxygens (including phenoxy) is 1. The molecule has 0 saturated carbocycles. The van der Waals surface area contributed by atoms with Gasteiger partial charge in [0.15, 0.2) is 5.41 Å². The second kappa shape index (κ2) is 9.81. The van der Waals surface area contributed by atoms with E-state index >= 15 is 0 Å². The van der Waals surface area contributed by atoms with Gasteiger partial charge < -0.3 is 10.1 Å². The van der Waals surface area contributed by atoms with Gasteiger partial charge in [0.2, 0.25) is 5.91 Å². The number of carbonyl (C=O) groups is 2. The molecule has 0 spiro atoms. The zero-order valence-electron chi connectivity index (χ0n) is 18.1. The Labute approximate surface area is 202 Å². The molecule has 7 nitrogen and oxygen atoms in total. The summed E-state index contributed by atoms with van der Waals surface area (Å²) in [6.07, 6.45) is 7.27. The first kappa shape index (κ1) is 24.6. The normalized spacial score (nSPS) is 15.1. The second-order valence-electron chi connectivity index (χ2n) is 8.70. The van der Waals surface area contributed by atoms with Crippen LogP contribution in [0.15, 0.2) is 30.5 Å². The lowest BCUT2D eigenvalue weighted by Crippen LogP contribution is -2.48. The molecule has 0 fully saturated rings. The molecule has 0 atom stereocenters. The van der Waals surface area contributed by atoms with Crippen molar-refractivity contribution >= 4 is 46.7 Å². The van der Waals surface area contributed by atoms with Crippen molar-refractivity contribution in [1.29, 1.82) is 0 Å². The smallest absolute Gasteiger partial charge is 0.322 e. The lowest BCUT2D eigenvalue weighted by Gasteiger charge is -2.30. The highest BCUT2D eigenvalue weighted by Gasteiger charge is 2.48. The molecule has 172 valence electrons. The van der Waals surface area contributed by atoms with Crippen LogP contribution >= 0.6 is 34.8 Å². The van der Waals surface area contributed by atoms with Crippen molar-refractivity contribution in [2.24, 2.45) is 5.41 Å². The van der Waals surface area contributed by atoms with Crippen LogP contribution in [0.25, 0.3) is 5.69 Å². The Bertz CT molecular complexity index is 1010. The van der Waals surface area contributed by atoms with Crippen molar-refractivity contribution in [3.8, 4) is 5.69 Å². The monoisotopic (exact) mass is 498 g/mol. The molecular formula is C22H25Cl3N4O3. The van der Waals surface area contributed by atoms with Gasteiger partial charge in [-0.3, -0.25) is 9.59 Å². The van der Waals surface area contributed by atoms with E-state index in [-0.39, 0.29) is 5.91 Å². The predicted molar refractivity (Wildman–Crippen MR) is 124 cm³/mol. The molecular weight excluding hydrogens is 475 g/mol. The lowest BCUT2D eigenvalue weighted by atomic mass is 9.84. The Morgan fingerprint density at radius 1 is 1.16 bits per heavy atom. The van der Waals surface area contributed by atoms with E-state index in [1.807, 2.05) is 12.2 Å². The van der Waals surface area contributed by atoms with Crippen LogP contribution in [0.3, 0.4) is 0 Å². The number of nitrogens with zero attached hydrogens (tertiary/aromatic N) is 3. The molecule has 0 bridgehead atoms. The highest BCUT2D eigenvalue weighted by atomic mass is 35.5. The number of aryl methyl sites for hydroxylation is 1. The quantitative estimate of drug-likeness (QED) is 0.252. The number of aromatic nitrogens is 3. The van der Waals surface area contributed by atoms with E-state index in [1.54, 1.807) is 39.1 Å². The Morgan fingerprint density at radius 2 is 1.78 bits per heavy atom. The van der Waals surface area contributed by atoms with Crippen LogP contribution in [0.5, 0.6) is 0 Å². The van der Waals surface area contributed by atoms with Gasteiger partial charge in [-0.1, -0.05) is 52.2 Å². The molecule has 10 heteroatoms. The van der Waals surface area contributed by atoms with Gasteiger partial charge in [0, 0.05) is 11.6 Å². The summed E-state index contributed by atoms with van der Waals surface area (Å²) in [5, 5.41) is 12.3. The van der Waals surface area contributed by atoms with Crippen molar-refractivity contribution in [1.82, 2.24) is 20.3 Å². The number of amides is 1. The Hall–Kier alpha value is -2.09. The molecule has 0 radical (unpaired) electrons. The molecule has 3 rings (SSSR count). The topological polar surface area (TPSA) is 86.1 Å². The van der Waals surface area contributed by atoms with Crippen molar-refractivity contribution in [2.75, 3.05) is 6.54 Å². The summed E-state index contributed by atoms with van der Waals surface area (Å²) >= 11 is 18.4. The number of benzene rings is 1. The first-order valence-corrected chi connectivity index (χ1v) is 11.4. The van der Waals surface area contributed by atoms with Crippen LogP contribution < -0.4 is 5.32 Å². The van der Waals surface area contributed by atoms with Crippen LogP contribution in [0, 0.1) is 5.41 Å². The van der Waals surface area contributed by atoms with E-state index in [9.17, 15) is 9.59 Å². The summed E-state index contributed by atoms with van der Waals surface area (Å²) in [5.74, 6) is -0.813. The fourth-order valence-corrected chi connectivity index (χ4v) is 4.38. The maximum Gasteiger partial charge on any atom is 0.322 e. The Kier molecular flexibility index (Phi) is 7.53. The van der Waals surface area contributed by atoms with E-state index in [0.29, 0.717) is 58.7 Å². The SMILES string of the molecule is CC(C)(C)OC(=O)C1(C(=O)NCCCc2cn(-c3c(Cl)cc(Cl)cc3Cl)nn2)CC=CC1. The fraction of sp³-hybridized carbons (Fsp3) is 0.455. The third-order valence-electron chi connectivity index (χ3n) is 4.97. The molecule has 1 aromatic heterocycles. The molecule has 1 aliphatic carbocycles. The van der Waals surface area contributed by atoms with Crippen molar-refractivity contribution in [3.05, 3.63) is 51.2 Å². The zero-order chi connectivity index (χ0) is 23.5. The zero-order valence-corrected chi connectivity index (χ0v) is 20.4. The Balaban J connectivity index is 1.56. The van der Waals surface area contributed by atoms with Gasteiger partial charge in [0.1, 0.15) is 11.3 Å². The van der Waals surface area contributed by atoms with Gasteiger partial charge in [-0.05, 0) is 58.6 Å². The number of esters is 1. The highest BCUT2D eigenvalue weighted by Crippen LogP contribution is 2.36. The fourth-order valence-electron chi connectivity index (χ4n) is 3.39. The van der Waals surface area contributed by atoms with E-state index < -0.39 is 17.0 Å². The van der Waals surface area contributed by atoms with Crippen LogP contribution in [0.1, 0.15) is 45.7 Å². The maximum absolute atomic E-state index is 12.9. The molecule has 1 aliphatic rings. The Morgan fingerprint density at radius 3 is 2.38 bits per heavy atom. The van der Waals surface area contributed by atoms with Gasteiger partial charge >= 0.3 is 5.97 Å². The summed E-state index contributed by atoms with van der Waals surface area (Å²) in [6, 6.07) is 3.17. The summed E-state index contributed by atoms with van der Waals surface area (Å²) in [5.41, 5.74) is -0.642. The summed E-state index contributed by atoms with van der Waals surface area (Å²) in [7, 11) is 0. The minimum absolute atomic E-state index is 0.319. The molecule has 0 saturated heterocycles. The molecule has 0 aliphatic heterocycles. The average molecular weight is 500 g/mol. The van der Waals surface area contributed by atoms with Crippen molar-refractivity contribution in [3.63, 3.8) is 0 Å². The van der Waals surface area contributed by atoms with Crippen molar-refractivity contribution in [2.45, 2.75) is 52.1 Å². The molecule has 1 amide bonds. The first-order chi connectivity index (χ1) is 15.0. The van der Waals surface area contributed by atoms with Crippen LogP contribution in [-0.2, 0) is 20.7 Å². The van der Waals surface area contributed by atoms with Crippen molar-refractivity contribution < 1.29 is 14.3 Å². The molecule has 32 heavy (non-hydrogen) atoms. The summed E-state index contributed by atoms with van der Waals surface area (Å²) < 4.78 is 7.00. The average Bonchev–Trinajstić information content (AvgIpc) is 3.33. The summed E-state index contributed by atoms with van der Waals surface area (Å²) in [6.45, 7) is 5.75. The first-order valence-electron chi connectivity index (χ1n) is 10.2. The number of carbonyl (C=O) groups excluding carboxylic acids is 2. The standard InChI is InChI=1S/C22H25Cl3N4O3/c1-21(2,3)32-20(31)22(8-4-5-9-22)19(30)26-10-6-7-15-13-29(28-27-15)18-16(24)11-14(23)12-17(18)25/h4-5,11-13H,6-10H2,1-3H3,(H,26,30). The number of hydrogen-bond acceptors (Lipinski definition) is 5. The predicted octanol–water partition coefficient (Wildman–Crippen LogP) is 4.95. The van der Waals surface area contributed by atoms with Gasteiger partial charge in [0.05, 0.1) is 21.9 Å². The number of allylic oxidation sites excluding steroid dienone is 2. The lowest BCUT2D eigenvalue weighted by molar-refractivity contribution is -0.170. The largest absolute Gasteiger partial charge is 0.459 e. The number of hydrogen-bond donors (Lipinski definition) is 1. The van der Waals surface area contributed by atoms with E-state index in [0.717, 1.165) is 0 Å².